The smallest absolute Gasteiger partial charge is 0.304 e. The van der Waals surface area contributed by atoms with Gasteiger partial charge >= 0.3 is 5.97 Å². The molecule has 5 rings (SSSR count). The highest BCUT2D eigenvalue weighted by atomic mass is 32.2. The molecule has 0 radical (unpaired) electrons. The van der Waals surface area contributed by atoms with Crippen molar-refractivity contribution in [2.75, 3.05) is 0 Å². The Labute approximate surface area is 236 Å². The third kappa shape index (κ3) is 6.96. The second-order valence-electron chi connectivity index (χ2n) is 10.8. The van der Waals surface area contributed by atoms with E-state index in [-0.39, 0.29) is 22.2 Å². The number of aliphatic hydroxyl groups is 1. The predicted molar refractivity (Wildman–Crippen MR) is 160 cm³/mol. The minimum absolute atomic E-state index is 0.112. The number of carboxylic acids is 1. The van der Waals surface area contributed by atoms with Gasteiger partial charge in [0.2, 0.25) is 0 Å². The molecule has 1 aliphatic rings. The Morgan fingerprint density at radius 3 is 2.67 bits per heavy atom. The van der Waals surface area contributed by atoms with Crippen molar-refractivity contribution >= 4 is 51.4 Å². The van der Waals surface area contributed by atoms with E-state index in [0.29, 0.717) is 5.52 Å². The van der Waals surface area contributed by atoms with E-state index in [2.05, 4.69) is 23.2 Å². The summed E-state index contributed by atoms with van der Waals surface area (Å²) in [6.45, 7) is 3.61. The monoisotopic (exact) mass is 561 g/mol. The van der Waals surface area contributed by atoms with Crippen LogP contribution in [-0.2, 0) is 16.8 Å². The van der Waals surface area contributed by atoms with Crippen molar-refractivity contribution in [2.45, 2.75) is 61.5 Å². The summed E-state index contributed by atoms with van der Waals surface area (Å²) in [5, 5.41) is 21.1. The third-order valence-corrected chi connectivity index (χ3v) is 9.94. The highest BCUT2D eigenvalue weighted by Crippen LogP contribution is 2.57. The molecule has 1 aliphatic carbocycles. The van der Waals surface area contributed by atoms with E-state index in [1.54, 1.807) is 17.8 Å². The van der Waals surface area contributed by atoms with E-state index < -0.39 is 11.6 Å². The second kappa shape index (κ2) is 11.2. The molecule has 202 valence electrons. The maximum atomic E-state index is 13.6. The number of benzene rings is 3. The first-order valence-electron chi connectivity index (χ1n) is 13.1. The standard InChI is InChI=1S/C32H32FNO3S2/c1-31(2,37)25-9-4-3-7-22(25)11-13-27(39-32(16-17-32)20-30(35)36)23-8-5-6-21(18-23)10-15-29-34-26-19-24(33)12-14-28(26)38-29/h3-10,12,14-15,18-19,27,37H,11,13,16-17,20H2,1-2H3,(H,35,36)/b15-10+. The molecule has 1 unspecified atom stereocenters. The summed E-state index contributed by atoms with van der Waals surface area (Å²) in [6.07, 6.45) is 7.59. The summed E-state index contributed by atoms with van der Waals surface area (Å²) in [4.78, 5) is 16.1. The lowest BCUT2D eigenvalue weighted by molar-refractivity contribution is -0.137. The number of aryl methyl sites for hydroxylation is 1. The van der Waals surface area contributed by atoms with Gasteiger partial charge in [-0.2, -0.15) is 0 Å². The van der Waals surface area contributed by atoms with Crippen LogP contribution in [0.5, 0.6) is 0 Å². The molecule has 4 nitrogen and oxygen atoms in total. The summed E-state index contributed by atoms with van der Waals surface area (Å²) in [5.41, 5.74) is 3.95. The number of carbonyl (C=O) groups is 1. The highest BCUT2D eigenvalue weighted by molar-refractivity contribution is 8.01. The van der Waals surface area contributed by atoms with Gasteiger partial charge in [0.05, 0.1) is 22.2 Å². The van der Waals surface area contributed by atoms with E-state index in [0.717, 1.165) is 57.6 Å². The number of aromatic nitrogens is 1. The number of aliphatic carboxylic acids is 1. The van der Waals surface area contributed by atoms with Gasteiger partial charge in [0.25, 0.3) is 0 Å². The van der Waals surface area contributed by atoms with Crippen molar-refractivity contribution in [1.29, 1.82) is 0 Å². The molecule has 2 N–H and O–H groups in total. The van der Waals surface area contributed by atoms with Crippen molar-refractivity contribution < 1.29 is 19.4 Å². The van der Waals surface area contributed by atoms with E-state index in [4.69, 9.17) is 0 Å². The van der Waals surface area contributed by atoms with Gasteiger partial charge in [0.15, 0.2) is 0 Å². The van der Waals surface area contributed by atoms with Gasteiger partial charge in [-0.1, -0.05) is 54.6 Å². The average Bonchev–Trinajstić information content (AvgIpc) is 3.51. The molecule has 1 heterocycles. The molecular weight excluding hydrogens is 529 g/mol. The van der Waals surface area contributed by atoms with Crippen LogP contribution in [0.25, 0.3) is 22.4 Å². The number of hydrogen-bond donors (Lipinski definition) is 2. The van der Waals surface area contributed by atoms with Gasteiger partial charge in [-0.15, -0.1) is 23.1 Å². The summed E-state index contributed by atoms with van der Waals surface area (Å²) in [7, 11) is 0. The number of nitrogens with zero attached hydrogens (tertiary/aromatic N) is 1. The number of fused-ring (bicyclic) bond motifs is 1. The molecule has 1 atom stereocenters. The van der Waals surface area contributed by atoms with Crippen molar-refractivity contribution in [3.8, 4) is 0 Å². The van der Waals surface area contributed by atoms with Crippen molar-refractivity contribution in [1.82, 2.24) is 4.98 Å². The number of carboxylic acid groups (broad SMARTS) is 1. The molecule has 1 fully saturated rings. The van der Waals surface area contributed by atoms with Crippen LogP contribution in [0.15, 0.2) is 66.7 Å². The van der Waals surface area contributed by atoms with E-state index in [1.807, 2.05) is 56.3 Å². The van der Waals surface area contributed by atoms with Gasteiger partial charge in [-0.05, 0) is 80.0 Å². The van der Waals surface area contributed by atoms with Crippen LogP contribution < -0.4 is 0 Å². The fourth-order valence-electron chi connectivity index (χ4n) is 4.99. The Bertz CT molecular complexity index is 1520. The Kier molecular flexibility index (Phi) is 7.94. The predicted octanol–water partition coefficient (Wildman–Crippen LogP) is 8.25. The van der Waals surface area contributed by atoms with Gasteiger partial charge in [-0.25, -0.2) is 9.37 Å². The SMILES string of the molecule is CC(C)(O)c1ccccc1CCC(SC1(CC(=O)O)CC1)c1cccc(/C=C/c2nc3cc(F)ccc3s2)c1. The second-order valence-corrected chi connectivity index (χ2v) is 13.5. The molecule has 7 heteroatoms. The first-order chi connectivity index (χ1) is 18.6. The Balaban J connectivity index is 1.39. The zero-order valence-corrected chi connectivity index (χ0v) is 23.7. The number of thioether (sulfide) groups is 1. The lowest BCUT2D eigenvalue weighted by Gasteiger charge is -2.25. The zero-order chi connectivity index (χ0) is 27.6. The number of rotatable bonds is 11. The van der Waals surface area contributed by atoms with Crippen LogP contribution in [0, 0.1) is 5.82 Å². The summed E-state index contributed by atoms with van der Waals surface area (Å²) < 4.78 is 14.3. The first kappa shape index (κ1) is 27.6. The molecule has 4 aromatic rings. The van der Waals surface area contributed by atoms with Gasteiger partial charge in [0.1, 0.15) is 10.8 Å². The van der Waals surface area contributed by atoms with E-state index in [1.165, 1.54) is 23.5 Å². The van der Waals surface area contributed by atoms with Crippen LogP contribution in [0.2, 0.25) is 0 Å². The lowest BCUT2D eigenvalue weighted by Crippen LogP contribution is -2.18. The average molecular weight is 562 g/mol. The fourth-order valence-corrected chi connectivity index (χ4v) is 7.51. The van der Waals surface area contributed by atoms with Crippen LogP contribution in [0.3, 0.4) is 0 Å². The minimum Gasteiger partial charge on any atom is -0.481 e. The van der Waals surface area contributed by atoms with Gasteiger partial charge in [0, 0.05) is 16.1 Å². The van der Waals surface area contributed by atoms with Crippen LogP contribution in [0.1, 0.15) is 72.0 Å². The van der Waals surface area contributed by atoms with Crippen molar-refractivity contribution in [3.63, 3.8) is 0 Å². The van der Waals surface area contributed by atoms with Gasteiger partial charge < -0.3 is 10.2 Å². The summed E-state index contributed by atoms with van der Waals surface area (Å²) >= 11 is 3.31. The molecule has 1 aromatic heterocycles. The maximum absolute atomic E-state index is 13.6. The fraction of sp³-hybridized carbons (Fsp3) is 0.312. The normalized spacial score (nSPS) is 15.6. The van der Waals surface area contributed by atoms with E-state index >= 15 is 0 Å². The Morgan fingerprint density at radius 2 is 1.92 bits per heavy atom. The molecule has 39 heavy (non-hydrogen) atoms. The molecule has 3 aromatic carbocycles. The summed E-state index contributed by atoms with van der Waals surface area (Å²) in [5.74, 6) is -1.04. The number of thiazole rings is 1. The summed E-state index contributed by atoms with van der Waals surface area (Å²) in [6, 6.07) is 21.0. The topological polar surface area (TPSA) is 70.4 Å². The Morgan fingerprint density at radius 1 is 1.13 bits per heavy atom. The zero-order valence-electron chi connectivity index (χ0n) is 22.1. The molecule has 1 saturated carbocycles. The number of halogens is 1. The quantitative estimate of drug-likeness (QED) is 0.193. The van der Waals surface area contributed by atoms with Crippen molar-refractivity contribution in [2.24, 2.45) is 0 Å². The number of hydrogen-bond acceptors (Lipinski definition) is 5. The minimum atomic E-state index is -0.933. The highest BCUT2D eigenvalue weighted by Gasteiger charge is 2.47. The van der Waals surface area contributed by atoms with Crippen molar-refractivity contribution in [3.05, 3.63) is 99.8 Å². The molecule has 0 amide bonds. The largest absolute Gasteiger partial charge is 0.481 e. The first-order valence-corrected chi connectivity index (χ1v) is 14.8. The molecule has 0 spiro atoms. The Hall–Kier alpha value is -3.00. The van der Waals surface area contributed by atoms with Crippen LogP contribution in [-0.4, -0.2) is 25.9 Å². The molecule has 0 saturated heterocycles. The van der Waals surface area contributed by atoms with Crippen LogP contribution >= 0.6 is 23.1 Å². The molecular formula is C32H32FNO3S2. The third-order valence-electron chi connectivity index (χ3n) is 7.09. The van der Waals surface area contributed by atoms with Gasteiger partial charge in [-0.3, -0.25) is 4.79 Å². The molecule has 0 aliphatic heterocycles. The maximum Gasteiger partial charge on any atom is 0.304 e. The van der Waals surface area contributed by atoms with Crippen LogP contribution in [0.4, 0.5) is 4.39 Å². The van der Waals surface area contributed by atoms with E-state index in [9.17, 15) is 19.4 Å². The lowest BCUT2D eigenvalue weighted by atomic mass is 9.90. The molecule has 0 bridgehead atoms.